The highest BCUT2D eigenvalue weighted by Crippen LogP contribution is 2.21. The predicted molar refractivity (Wildman–Crippen MR) is 76.3 cm³/mol. The van der Waals surface area contributed by atoms with Crippen LogP contribution in [0.1, 0.15) is 20.8 Å². The van der Waals surface area contributed by atoms with Gasteiger partial charge in [-0.3, -0.25) is 4.31 Å². The molecule has 0 saturated heterocycles. The standard InChI is InChI=1S/C13H21FN2O2S/c1-10(2)15-9-11(3)19(17,18)16(4)13-8-6-5-7-12(13)14/h5-8,10-11,15H,9H2,1-4H3. The van der Waals surface area contributed by atoms with Crippen LogP contribution in [0, 0.1) is 5.82 Å². The summed E-state index contributed by atoms with van der Waals surface area (Å²) in [6.07, 6.45) is 0. The molecular formula is C13H21FN2O2S. The van der Waals surface area contributed by atoms with E-state index in [2.05, 4.69) is 5.32 Å². The van der Waals surface area contributed by atoms with Gasteiger partial charge >= 0.3 is 0 Å². The number of sulfonamides is 1. The van der Waals surface area contributed by atoms with E-state index in [1.54, 1.807) is 13.0 Å². The molecule has 1 aromatic rings. The summed E-state index contributed by atoms with van der Waals surface area (Å²) < 4.78 is 39.3. The molecule has 1 unspecified atom stereocenters. The second kappa shape index (κ2) is 6.34. The number of hydrogen-bond donors (Lipinski definition) is 1. The molecule has 0 bridgehead atoms. The number of benzene rings is 1. The molecule has 6 heteroatoms. The van der Waals surface area contributed by atoms with E-state index >= 15 is 0 Å². The number of rotatable bonds is 6. The van der Waals surface area contributed by atoms with Gasteiger partial charge in [0.2, 0.25) is 10.0 Å². The van der Waals surface area contributed by atoms with Crippen molar-refractivity contribution in [1.82, 2.24) is 5.32 Å². The van der Waals surface area contributed by atoms with Crippen LogP contribution in [-0.2, 0) is 10.0 Å². The minimum atomic E-state index is -3.58. The van der Waals surface area contributed by atoms with Crippen LogP contribution in [0.2, 0.25) is 0 Å². The maximum Gasteiger partial charge on any atom is 0.238 e. The molecule has 1 N–H and O–H groups in total. The summed E-state index contributed by atoms with van der Waals surface area (Å²) in [4.78, 5) is 0. The maximum atomic E-state index is 13.6. The van der Waals surface area contributed by atoms with Gasteiger partial charge in [-0.05, 0) is 19.1 Å². The van der Waals surface area contributed by atoms with Gasteiger partial charge in [0.15, 0.2) is 0 Å². The maximum absolute atomic E-state index is 13.6. The van der Waals surface area contributed by atoms with Crippen LogP contribution in [0.5, 0.6) is 0 Å². The summed E-state index contributed by atoms with van der Waals surface area (Å²) in [5.41, 5.74) is 0.0684. The number of halogens is 1. The van der Waals surface area contributed by atoms with Crippen molar-refractivity contribution in [2.75, 3.05) is 17.9 Å². The van der Waals surface area contributed by atoms with Crippen molar-refractivity contribution in [2.24, 2.45) is 0 Å². The van der Waals surface area contributed by atoms with Gasteiger partial charge in [0.05, 0.1) is 10.9 Å². The quantitative estimate of drug-likeness (QED) is 0.871. The third-order valence-electron chi connectivity index (χ3n) is 2.90. The van der Waals surface area contributed by atoms with Crippen molar-refractivity contribution in [3.8, 4) is 0 Å². The van der Waals surface area contributed by atoms with Crippen LogP contribution in [0.4, 0.5) is 10.1 Å². The number of nitrogens with one attached hydrogen (secondary N) is 1. The minimum Gasteiger partial charge on any atom is -0.313 e. The summed E-state index contributed by atoms with van der Waals surface area (Å²) in [5, 5.41) is 2.45. The fraction of sp³-hybridized carbons (Fsp3) is 0.538. The highest BCUT2D eigenvalue weighted by Gasteiger charge is 2.27. The van der Waals surface area contributed by atoms with E-state index in [0.29, 0.717) is 6.54 Å². The fourth-order valence-corrected chi connectivity index (χ4v) is 2.89. The van der Waals surface area contributed by atoms with E-state index in [0.717, 1.165) is 4.31 Å². The molecule has 0 aliphatic heterocycles. The van der Waals surface area contributed by atoms with Crippen LogP contribution < -0.4 is 9.62 Å². The SMILES string of the molecule is CC(C)NCC(C)S(=O)(=O)N(C)c1ccccc1F. The zero-order chi connectivity index (χ0) is 14.6. The molecule has 0 saturated carbocycles. The van der Waals surface area contributed by atoms with E-state index < -0.39 is 21.1 Å². The van der Waals surface area contributed by atoms with Crippen LogP contribution in [0.3, 0.4) is 0 Å². The van der Waals surface area contributed by atoms with Crippen LogP contribution in [0.15, 0.2) is 24.3 Å². The highest BCUT2D eigenvalue weighted by atomic mass is 32.2. The van der Waals surface area contributed by atoms with Gasteiger partial charge in [-0.1, -0.05) is 26.0 Å². The van der Waals surface area contributed by atoms with Crippen molar-refractivity contribution in [3.63, 3.8) is 0 Å². The fourth-order valence-electron chi connectivity index (χ4n) is 1.62. The minimum absolute atomic E-state index is 0.0684. The number of nitrogens with zero attached hydrogens (tertiary/aromatic N) is 1. The molecule has 1 aromatic carbocycles. The molecule has 0 fully saturated rings. The van der Waals surface area contributed by atoms with Crippen molar-refractivity contribution < 1.29 is 12.8 Å². The Balaban J connectivity index is 2.91. The Morgan fingerprint density at radius 1 is 1.26 bits per heavy atom. The lowest BCUT2D eigenvalue weighted by Crippen LogP contribution is -2.42. The molecule has 4 nitrogen and oxygen atoms in total. The van der Waals surface area contributed by atoms with Gasteiger partial charge in [-0.2, -0.15) is 0 Å². The summed E-state index contributed by atoms with van der Waals surface area (Å²) in [6.45, 7) is 5.83. The molecule has 108 valence electrons. The third-order valence-corrected chi connectivity index (χ3v) is 5.04. The Bertz CT molecular complexity index is 517. The lowest BCUT2D eigenvalue weighted by molar-refractivity contribution is 0.548. The molecule has 0 aromatic heterocycles. The number of anilines is 1. The second-order valence-corrected chi connectivity index (χ2v) is 7.22. The monoisotopic (exact) mass is 288 g/mol. The summed E-state index contributed by atoms with van der Waals surface area (Å²) in [6, 6.07) is 6.05. The topological polar surface area (TPSA) is 49.4 Å². The van der Waals surface area contributed by atoms with E-state index in [1.807, 2.05) is 13.8 Å². The molecule has 0 spiro atoms. The third kappa shape index (κ3) is 3.91. The van der Waals surface area contributed by atoms with Crippen molar-refractivity contribution >= 4 is 15.7 Å². The molecular weight excluding hydrogens is 267 g/mol. The first-order valence-corrected chi connectivity index (χ1v) is 7.72. The van der Waals surface area contributed by atoms with Gasteiger partial charge in [0.1, 0.15) is 5.82 Å². The van der Waals surface area contributed by atoms with Crippen molar-refractivity contribution in [2.45, 2.75) is 32.1 Å². The van der Waals surface area contributed by atoms with Gasteiger partial charge in [0, 0.05) is 19.6 Å². The van der Waals surface area contributed by atoms with Crippen LogP contribution >= 0.6 is 0 Å². The van der Waals surface area contributed by atoms with E-state index in [4.69, 9.17) is 0 Å². The van der Waals surface area contributed by atoms with E-state index in [9.17, 15) is 12.8 Å². The molecule has 0 aliphatic rings. The Morgan fingerprint density at radius 3 is 2.37 bits per heavy atom. The highest BCUT2D eigenvalue weighted by molar-refractivity contribution is 7.93. The zero-order valence-corrected chi connectivity index (χ0v) is 12.5. The smallest absolute Gasteiger partial charge is 0.238 e. The Hall–Kier alpha value is -1.14. The number of para-hydroxylation sites is 1. The van der Waals surface area contributed by atoms with Gasteiger partial charge < -0.3 is 5.32 Å². The van der Waals surface area contributed by atoms with Crippen molar-refractivity contribution in [3.05, 3.63) is 30.1 Å². The summed E-state index contributed by atoms with van der Waals surface area (Å²) in [7, 11) is -2.20. The molecule has 0 aliphatic carbocycles. The second-order valence-electron chi connectivity index (χ2n) is 4.84. The Morgan fingerprint density at radius 2 is 1.84 bits per heavy atom. The molecule has 0 radical (unpaired) electrons. The molecule has 19 heavy (non-hydrogen) atoms. The molecule has 1 atom stereocenters. The van der Waals surface area contributed by atoms with Crippen LogP contribution in [-0.4, -0.2) is 33.3 Å². The summed E-state index contributed by atoms with van der Waals surface area (Å²) >= 11 is 0. The largest absolute Gasteiger partial charge is 0.313 e. The Kier molecular flexibility index (Phi) is 5.31. The van der Waals surface area contributed by atoms with Gasteiger partial charge in [0.25, 0.3) is 0 Å². The molecule has 0 amide bonds. The first-order valence-electron chi connectivity index (χ1n) is 6.22. The number of hydrogen-bond acceptors (Lipinski definition) is 3. The van der Waals surface area contributed by atoms with Gasteiger partial charge in [-0.15, -0.1) is 0 Å². The van der Waals surface area contributed by atoms with E-state index in [1.165, 1.54) is 25.2 Å². The first-order chi connectivity index (χ1) is 8.76. The average molecular weight is 288 g/mol. The molecule has 1 rings (SSSR count). The molecule has 0 heterocycles. The normalized spacial score (nSPS) is 13.6. The van der Waals surface area contributed by atoms with Crippen molar-refractivity contribution in [1.29, 1.82) is 0 Å². The van der Waals surface area contributed by atoms with E-state index in [-0.39, 0.29) is 11.7 Å². The van der Waals surface area contributed by atoms with Gasteiger partial charge in [-0.25, -0.2) is 12.8 Å². The Labute approximate surface area is 114 Å². The van der Waals surface area contributed by atoms with Crippen LogP contribution in [0.25, 0.3) is 0 Å². The average Bonchev–Trinajstić information content (AvgIpc) is 2.35. The predicted octanol–water partition coefficient (Wildman–Crippen LogP) is 1.98. The first kappa shape index (κ1) is 15.9. The zero-order valence-electron chi connectivity index (χ0n) is 11.7. The summed E-state index contributed by atoms with van der Waals surface area (Å²) in [5.74, 6) is -0.544. The lowest BCUT2D eigenvalue weighted by Gasteiger charge is -2.24. The lowest BCUT2D eigenvalue weighted by atomic mass is 10.3.